The van der Waals surface area contributed by atoms with E-state index in [0.29, 0.717) is 19.4 Å². The van der Waals surface area contributed by atoms with E-state index in [1.165, 1.54) is 0 Å². The summed E-state index contributed by atoms with van der Waals surface area (Å²) in [5.41, 5.74) is 1.06. The van der Waals surface area contributed by atoms with Crippen molar-refractivity contribution >= 4 is 22.1 Å². The van der Waals surface area contributed by atoms with Crippen LogP contribution in [-0.4, -0.2) is 61.4 Å². The highest BCUT2D eigenvalue weighted by atomic mass is 32.2. The second-order valence-corrected chi connectivity index (χ2v) is 9.00. The minimum Gasteiger partial charge on any atom is -0.449 e. The van der Waals surface area contributed by atoms with E-state index in [1.807, 2.05) is 74.5 Å². The summed E-state index contributed by atoms with van der Waals surface area (Å²) in [6, 6.07) is 19.5. The van der Waals surface area contributed by atoms with Crippen molar-refractivity contribution in [1.29, 1.82) is 0 Å². The number of para-hydroxylation sites is 1. The van der Waals surface area contributed by atoms with E-state index >= 15 is 0 Å². The van der Waals surface area contributed by atoms with Crippen LogP contribution in [0.3, 0.4) is 0 Å². The van der Waals surface area contributed by atoms with Crippen molar-refractivity contribution in [2.45, 2.75) is 38.3 Å². The zero-order valence-corrected chi connectivity index (χ0v) is 19.8. The molecule has 1 saturated heterocycles. The van der Waals surface area contributed by atoms with Gasteiger partial charge in [0.1, 0.15) is 0 Å². The van der Waals surface area contributed by atoms with E-state index in [4.69, 9.17) is 17.7 Å². The number of hydrogen-bond donors (Lipinski definition) is 3. The number of amides is 1. The third kappa shape index (κ3) is 8.75. The summed E-state index contributed by atoms with van der Waals surface area (Å²) in [7, 11) is -4.17. The minimum atomic E-state index is -4.17. The summed E-state index contributed by atoms with van der Waals surface area (Å²) in [5, 5.41) is 14.9. The molecule has 0 bridgehead atoms. The molecule has 182 valence electrons. The van der Waals surface area contributed by atoms with Gasteiger partial charge in [-0.3, -0.25) is 9.45 Å². The fourth-order valence-electron chi connectivity index (χ4n) is 3.92. The number of carbonyl (C=O) groups is 1. The van der Waals surface area contributed by atoms with Crippen LogP contribution in [0.4, 0.5) is 10.5 Å². The fraction of sp³-hybridized carbons (Fsp3) is 0.435. The first kappa shape index (κ1) is 26.7. The van der Waals surface area contributed by atoms with Gasteiger partial charge in [0.05, 0.1) is 18.2 Å². The Hall–Kier alpha value is -2.50. The number of carbonyl (C=O) groups excluding carboxylic acids is 1. The van der Waals surface area contributed by atoms with Gasteiger partial charge in [0, 0.05) is 25.3 Å². The van der Waals surface area contributed by atoms with Crippen molar-refractivity contribution in [3.05, 3.63) is 66.2 Å². The van der Waals surface area contributed by atoms with Crippen LogP contribution in [0.25, 0.3) is 0 Å². The van der Waals surface area contributed by atoms with E-state index in [-0.39, 0.29) is 12.1 Å². The maximum absolute atomic E-state index is 12.6. The molecule has 0 spiro atoms. The molecule has 1 aliphatic rings. The number of hydrogen-bond acceptors (Lipinski definition) is 6. The quantitative estimate of drug-likeness (QED) is 0.543. The maximum atomic E-state index is 12.6. The first-order valence-electron chi connectivity index (χ1n) is 10.8. The molecule has 0 aromatic heterocycles. The van der Waals surface area contributed by atoms with Crippen LogP contribution < -0.4 is 10.0 Å². The second kappa shape index (κ2) is 12.1. The molecule has 3 rings (SSSR count). The summed E-state index contributed by atoms with van der Waals surface area (Å²) in [4.78, 5) is 16.6. The molecule has 1 unspecified atom stereocenters. The molecule has 1 aliphatic heterocycles. The van der Waals surface area contributed by atoms with E-state index in [2.05, 4.69) is 10.0 Å². The number of nitrogens with two attached hydrogens (primary N) is 1. The molecular formula is C23H33N3O6S. The van der Waals surface area contributed by atoms with Crippen molar-refractivity contribution in [2.24, 2.45) is 5.14 Å². The molecule has 33 heavy (non-hydrogen) atoms. The first-order chi connectivity index (χ1) is 15.5. The Labute approximate surface area is 195 Å². The largest absolute Gasteiger partial charge is 0.449 e. The van der Waals surface area contributed by atoms with E-state index < -0.39 is 15.9 Å². The van der Waals surface area contributed by atoms with E-state index in [0.717, 1.165) is 30.9 Å². The van der Waals surface area contributed by atoms with Crippen LogP contribution in [0.5, 0.6) is 0 Å². The van der Waals surface area contributed by atoms with E-state index in [1.54, 1.807) is 4.90 Å². The molecule has 9 nitrogen and oxygen atoms in total. The highest BCUT2D eigenvalue weighted by molar-refractivity contribution is 7.83. The Morgan fingerprint density at radius 3 is 2.09 bits per heavy atom. The molecule has 2 aromatic carbocycles. The van der Waals surface area contributed by atoms with Gasteiger partial charge >= 0.3 is 16.4 Å². The molecular weight excluding hydrogens is 446 g/mol. The first-order valence-corrected chi connectivity index (χ1v) is 12.3. The molecule has 10 heteroatoms. The summed E-state index contributed by atoms with van der Waals surface area (Å²) in [6.45, 7) is 6.53. The normalized spacial score (nSPS) is 16.8. The van der Waals surface area contributed by atoms with Crippen molar-refractivity contribution in [3.8, 4) is 0 Å². The van der Waals surface area contributed by atoms with Gasteiger partial charge in [0.2, 0.25) is 0 Å². The topological polar surface area (TPSA) is 133 Å². The zero-order valence-electron chi connectivity index (χ0n) is 19.0. The summed E-state index contributed by atoms with van der Waals surface area (Å²) in [5.74, 6) is 0. The van der Waals surface area contributed by atoms with Gasteiger partial charge in [-0.05, 0) is 44.4 Å². The SMILES string of the molecule is CCOC(=O)N(c1ccccc1)C(C)CN1CCC(O)(c2ccccc2)CC1.NS(=O)(=O)O. The number of piperidine rings is 1. The number of ether oxygens (including phenoxy) is 1. The standard InChI is InChI=1S/C23H30N2O3.H3NO3S/c1-3-28-22(26)25(21-12-8-5-9-13-21)19(2)18-24-16-14-23(27,15-17-24)20-10-6-4-7-11-20;1-5(2,3)4/h4-13,19,27H,3,14-18H2,1-2H3;(H3,1,2,3,4). The average molecular weight is 480 g/mol. The smallest absolute Gasteiger partial charge is 0.414 e. The Morgan fingerprint density at radius 2 is 1.61 bits per heavy atom. The average Bonchev–Trinajstić information content (AvgIpc) is 2.76. The van der Waals surface area contributed by atoms with Gasteiger partial charge in [0.25, 0.3) is 0 Å². The third-order valence-corrected chi connectivity index (χ3v) is 5.46. The van der Waals surface area contributed by atoms with Gasteiger partial charge in [-0.15, -0.1) is 0 Å². The number of aliphatic hydroxyl groups is 1. The van der Waals surface area contributed by atoms with Gasteiger partial charge in [-0.1, -0.05) is 48.5 Å². The number of nitrogens with zero attached hydrogens (tertiary/aromatic N) is 2. The lowest BCUT2D eigenvalue weighted by molar-refractivity contribution is -0.0267. The number of benzene rings is 2. The van der Waals surface area contributed by atoms with Crippen LogP contribution in [0.2, 0.25) is 0 Å². The van der Waals surface area contributed by atoms with Crippen molar-refractivity contribution in [1.82, 2.24) is 4.90 Å². The lowest BCUT2D eigenvalue weighted by atomic mass is 9.84. The van der Waals surface area contributed by atoms with Crippen molar-refractivity contribution in [3.63, 3.8) is 0 Å². The predicted molar refractivity (Wildman–Crippen MR) is 127 cm³/mol. The fourth-order valence-corrected chi connectivity index (χ4v) is 3.92. The Balaban J connectivity index is 0.000000696. The number of rotatable bonds is 6. The number of anilines is 1. The third-order valence-electron chi connectivity index (χ3n) is 5.46. The highest BCUT2D eigenvalue weighted by Crippen LogP contribution is 2.33. The molecule has 1 amide bonds. The van der Waals surface area contributed by atoms with Crippen LogP contribution in [-0.2, 0) is 20.6 Å². The summed E-state index contributed by atoms with van der Waals surface area (Å²) < 4.78 is 30.5. The van der Waals surface area contributed by atoms with E-state index in [9.17, 15) is 9.90 Å². The maximum Gasteiger partial charge on any atom is 0.414 e. The summed E-state index contributed by atoms with van der Waals surface area (Å²) >= 11 is 0. The van der Waals surface area contributed by atoms with Gasteiger partial charge in [-0.25, -0.2) is 9.93 Å². The minimum absolute atomic E-state index is 0.0376. The number of likely N-dealkylation sites (tertiary alicyclic amines) is 1. The van der Waals surface area contributed by atoms with Crippen molar-refractivity contribution < 1.29 is 27.6 Å². The summed E-state index contributed by atoms with van der Waals surface area (Å²) in [6.07, 6.45) is 1.06. The molecule has 0 radical (unpaired) electrons. The van der Waals surface area contributed by atoms with Gasteiger partial charge < -0.3 is 14.7 Å². The Kier molecular flexibility index (Phi) is 9.81. The highest BCUT2D eigenvalue weighted by Gasteiger charge is 2.35. The zero-order chi connectivity index (χ0) is 24.5. The molecule has 1 fully saturated rings. The van der Waals surface area contributed by atoms with Crippen LogP contribution in [0.15, 0.2) is 60.7 Å². The molecule has 4 N–H and O–H groups in total. The van der Waals surface area contributed by atoms with Gasteiger partial charge in [0.15, 0.2) is 0 Å². The lowest BCUT2D eigenvalue weighted by Gasteiger charge is -2.40. The van der Waals surface area contributed by atoms with Crippen LogP contribution in [0.1, 0.15) is 32.3 Å². The second-order valence-electron chi connectivity index (χ2n) is 7.97. The van der Waals surface area contributed by atoms with Crippen LogP contribution >= 0.6 is 0 Å². The Bertz CT molecular complexity index is 956. The van der Waals surface area contributed by atoms with Crippen molar-refractivity contribution in [2.75, 3.05) is 31.1 Å². The Morgan fingerprint density at radius 1 is 1.12 bits per heavy atom. The van der Waals surface area contributed by atoms with Crippen LogP contribution in [0, 0.1) is 0 Å². The predicted octanol–water partition coefficient (Wildman–Crippen LogP) is 2.77. The molecule has 1 heterocycles. The molecule has 1 atom stereocenters. The molecule has 0 aliphatic carbocycles. The molecule has 0 saturated carbocycles. The molecule has 2 aromatic rings. The van der Waals surface area contributed by atoms with Gasteiger partial charge in [-0.2, -0.15) is 8.42 Å². The lowest BCUT2D eigenvalue weighted by Crippen LogP contribution is -2.50. The monoisotopic (exact) mass is 479 g/mol.